The molecular formula is C16H18ClNO. The van der Waals surface area contributed by atoms with Gasteiger partial charge in [-0.2, -0.15) is 0 Å². The minimum absolute atomic E-state index is 0.408. The molecule has 1 aliphatic rings. The second kappa shape index (κ2) is 5.81. The Morgan fingerprint density at radius 2 is 2.16 bits per heavy atom. The van der Waals surface area contributed by atoms with Gasteiger partial charge in [-0.3, -0.25) is 0 Å². The molecule has 1 aromatic carbocycles. The number of halogens is 1. The molecule has 1 heterocycles. The molecular weight excluding hydrogens is 258 g/mol. The highest BCUT2D eigenvalue weighted by atomic mass is 35.5. The van der Waals surface area contributed by atoms with Crippen LogP contribution in [-0.2, 0) is 6.42 Å². The van der Waals surface area contributed by atoms with Gasteiger partial charge in [0.1, 0.15) is 5.76 Å². The molecule has 1 aromatic heterocycles. The van der Waals surface area contributed by atoms with Crippen LogP contribution in [0.1, 0.15) is 30.1 Å². The average molecular weight is 276 g/mol. The number of hydrogen-bond donors (Lipinski definition) is 1. The molecule has 3 rings (SSSR count). The van der Waals surface area contributed by atoms with Crippen molar-refractivity contribution in [3.63, 3.8) is 0 Å². The first-order chi connectivity index (χ1) is 9.31. The predicted octanol–water partition coefficient (Wildman–Crippen LogP) is 4.01. The predicted molar refractivity (Wildman–Crippen MR) is 77.6 cm³/mol. The van der Waals surface area contributed by atoms with Crippen molar-refractivity contribution in [1.29, 1.82) is 0 Å². The second-order valence-corrected chi connectivity index (χ2v) is 5.65. The van der Waals surface area contributed by atoms with Gasteiger partial charge in [-0.15, -0.1) is 0 Å². The number of hydrogen-bond acceptors (Lipinski definition) is 2. The molecule has 1 fully saturated rings. The third-order valence-electron chi connectivity index (χ3n) is 3.58. The Morgan fingerprint density at radius 1 is 1.26 bits per heavy atom. The lowest BCUT2D eigenvalue weighted by atomic mass is 9.94. The summed E-state index contributed by atoms with van der Waals surface area (Å²) < 4.78 is 5.48. The highest BCUT2D eigenvalue weighted by molar-refractivity contribution is 6.30. The molecule has 0 bridgehead atoms. The molecule has 0 radical (unpaired) electrons. The summed E-state index contributed by atoms with van der Waals surface area (Å²) in [4.78, 5) is 0. The maximum Gasteiger partial charge on any atom is 0.104 e. The second-order valence-electron chi connectivity index (χ2n) is 5.22. The van der Waals surface area contributed by atoms with Gasteiger partial charge in [0.05, 0.1) is 6.26 Å². The first kappa shape index (κ1) is 12.8. The van der Waals surface area contributed by atoms with Gasteiger partial charge in [-0.1, -0.05) is 23.7 Å². The van der Waals surface area contributed by atoms with Gasteiger partial charge >= 0.3 is 0 Å². The van der Waals surface area contributed by atoms with Crippen molar-refractivity contribution in [2.24, 2.45) is 0 Å². The van der Waals surface area contributed by atoms with Crippen LogP contribution in [0.5, 0.6) is 0 Å². The van der Waals surface area contributed by atoms with Crippen LogP contribution >= 0.6 is 11.6 Å². The normalized spacial score (nSPS) is 16.5. The maximum atomic E-state index is 6.10. The van der Waals surface area contributed by atoms with Crippen LogP contribution in [0.25, 0.3) is 0 Å². The van der Waals surface area contributed by atoms with Crippen molar-refractivity contribution in [3.8, 4) is 0 Å². The fourth-order valence-corrected chi connectivity index (χ4v) is 2.54. The zero-order valence-corrected chi connectivity index (χ0v) is 11.6. The molecule has 19 heavy (non-hydrogen) atoms. The summed E-state index contributed by atoms with van der Waals surface area (Å²) in [6, 6.07) is 12.8. The SMILES string of the molecule is Clc1cccc(C(CNC2CC2)Cc2ccco2)c1. The van der Waals surface area contributed by atoms with Crippen LogP contribution < -0.4 is 5.32 Å². The minimum atomic E-state index is 0.408. The van der Waals surface area contributed by atoms with Gasteiger partial charge in [0.25, 0.3) is 0 Å². The summed E-state index contributed by atoms with van der Waals surface area (Å²) in [7, 11) is 0. The van der Waals surface area contributed by atoms with E-state index in [4.69, 9.17) is 16.0 Å². The van der Waals surface area contributed by atoms with Crippen molar-refractivity contribution in [1.82, 2.24) is 5.32 Å². The molecule has 0 aliphatic heterocycles. The molecule has 2 aromatic rings. The highest BCUT2D eigenvalue weighted by Crippen LogP contribution is 2.25. The Balaban J connectivity index is 1.73. The van der Waals surface area contributed by atoms with E-state index in [-0.39, 0.29) is 0 Å². The molecule has 1 unspecified atom stereocenters. The van der Waals surface area contributed by atoms with Crippen LogP contribution in [0.4, 0.5) is 0 Å². The topological polar surface area (TPSA) is 25.2 Å². The third-order valence-corrected chi connectivity index (χ3v) is 3.81. The van der Waals surface area contributed by atoms with E-state index >= 15 is 0 Å². The van der Waals surface area contributed by atoms with Crippen molar-refractivity contribution in [2.75, 3.05) is 6.54 Å². The summed E-state index contributed by atoms with van der Waals surface area (Å²) >= 11 is 6.10. The highest BCUT2D eigenvalue weighted by Gasteiger charge is 2.23. The molecule has 0 saturated heterocycles. The van der Waals surface area contributed by atoms with Crippen molar-refractivity contribution in [2.45, 2.75) is 31.2 Å². The molecule has 1 N–H and O–H groups in total. The smallest absolute Gasteiger partial charge is 0.104 e. The van der Waals surface area contributed by atoms with Crippen LogP contribution in [0.3, 0.4) is 0 Å². The molecule has 3 heteroatoms. The Labute approximate surface area is 118 Å². The average Bonchev–Trinajstić information content (AvgIpc) is 3.10. The van der Waals surface area contributed by atoms with Gasteiger partial charge in [0.15, 0.2) is 0 Å². The quantitative estimate of drug-likeness (QED) is 0.862. The molecule has 2 nitrogen and oxygen atoms in total. The number of nitrogens with one attached hydrogen (secondary N) is 1. The van der Waals surface area contributed by atoms with Crippen molar-refractivity contribution < 1.29 is 4.42 Å². The summed E-state index contributed by atoms with van der Waals surface area (Å²) in [5.74, 6) is 1.44. The van der Waals surface area contributed by atoms with Gasteiger partial charge in [-0.05, 0) is 42.7 Å². The number of rotatable bonds is 6. The minimum Gasteiger partial charge on any atom is -0.469 e. The fourth-order valence-electron chi connectivity index (χ4n) is 2.34. The number of furan rings is 1. The van der Waals surface area contributed by atoms with Crippen molar-refractivity contribution >= 4 is 11.6 Å². The first-order valence-corrected chi connectivity index (χ1v) is 7.20. The van der Waals surface area contributed by atoms with Crippen LogP contribution in [-0.4, -0.2) is 12.6 Å². The molecule has 1 saturated carbocycles. The van der Waals surface area contributed by atoms with Crippen LogP contribution in [0.2, 0.25) is 5.02 Å². The lowest BCUT2D eigenvalue weighted by Crippen LogP contribution is -2.24. The summed E-state index contributed by atoms with van der Waals surface area (Å²) in [5.41, 5.74) is 1.28. The largest absolute Gasteiger partial charge is 0.469 e. The van der Waals surface area contributed by atoms with E-state index in [2.05, 4.69) is 17.4 Å². The first-order valence-electron chi connectivity index (χ1n) is 6.82. The van der Waals surface area contributed by atoms with Gasteiger partial charge in [0, 0.05) is 29.9 Å². The molecule has 0 spiro atoms. The van der Waals surface area contributed by atoms with Crippen LogP contribution in [0, 0.1) is 0 Å². The van der Waals surface area contributed by atoms with Gasteiger partial charge in [-0.25, -0.2) is 0 Å². The molecule has 100 valence electrons. The van der Waals surface area contributed by atoms with Crippen molar-refractivity contribution in [3.05, 3.63) is 59.0 Å². The molecule has 1 atom stereocenters. The van der Waals surface area contributed by atoms with Gasteiger partial charge < -0.3 is 9.73 Å². The molecule has 1 aliphatic carbocycles. The fraction of sp³-hybridized carbons (Fsp3) is 0.375. The zero-order chi connectivity index (χ0) is 13.1. The lowest BCUT2D eigenvalue weighted by Gasteiger charge is -2.17. The Morgan fingerprint density at radius 3 is 2.84 bits per heavy atom. The monoisotopic (exact) mass is 275 g/mol. The van der Waals surface area contributed by atoms with Crippen LogP contribution in [0.15, 0.2) is 47.1 Å². The molecule has 0 amide bonds. The number of benzene rings is 1. The van der Waals surface area contributed by atoms with Gasteiger partial charge in [0.2, 0.25) is 0 Å². The summed E-state index contributed by atoms with van der Waals surface area (Å²) in [5, 5.41) is 4.40. The standard InChI is InChI=1S/C16H18ClNO/c17-14-4-1-3-12(9-14)13(11-18-15-6-7-15)10-16-5-2-8-19-16/h1-5,8-9,13,15,18H,6-7,10-11H2. The van der Waals surface area contributed by atoms with E-state index < -0.39 is 0 Å². The van der Waals surface area contributed by atoms with E-state index in [9.17, 15) is 0 Å². The summed E-state index contributed by atoms with van der Waals surface area (Å²) in [6.45, 7) is 0.978. The van der Waals surface area contributed by atoms with E-state index in [1.807, 2.05) is 24.3 Å². The summed E-state index contributed by atoms with van der Waals surface area (Å²) in [6.07, 6.45) is 5.26. The van der Waals surface area contributed by atoms with E-state index in [1.165, 1.54) is 18.4 Å². The lowest BCUT2D eigenvalue weighted by molar-refractivity contribution is 0.472. The van der Waals surface area contributed by atoms with E-state index in [0.29, 0.717) is 5.92 Å². The Hall–Kier alpha value is -1.25. The van der Waals surface area contributed by atoms with E-state index in [0.717, 1.165) is 29.8 Å². The zero-order valence-electron chi connectivity index (χ0n) is 10.8. The Bertz CT molecular complexity index is 519. The Kier molecular flexibility index (Phi) is 3.90. The maximum absolute atomic E-state index is 6.10. The third kappa shape index (κ3) is 3.62. The van der Waals surface area contributed by atoms with E-state index in [1.54, 1.807) is 6.26 Å².